The molecule has 0 fully saturated rings. The van der Waals surface area contributed by atoms with Gasteiger partial charge in [0.15, 0.2) is 5.78 Å². The Hall–Kier alpha value is -1.29. The molecule has 0 atom stereocenters. The summed E-state index contributed by atoms with van der Waals surface area (Å²) in [6, 6.07) is 7.75. The highest BCUT2D eigenvalue weighted by molar-refractivity contribution is 7.20. The number of Topliss-reactive ketones (excluding diaryl/α,β-unsaturated/α-hetero) is 1. The number of benzene rings is 1. The van der Waals surface area contributed by atoms with Crippen LogP contribution in [0.4, 0.5) is 0 Å². The van der Waals surface area contributed by atoms with Gasteiger partial charge in [-0.2, -0.15) is 0 Å². The van der Waals surface area contributed by atoms with Crippen molar-refractivity contribution < 1.29 is 9.90 Å². The van der Waals surface area contributed by atoms with Crippen LogP contribution in [0.1, 0.15) is 37.3 Å². The smallest absolute Gasteiger partial charge is 0.166 e. The van der Waals surface area contributed by atoms with Gasteiger partial charge in [-0.15, -0.1) is 11.3 Å². The predicted molar refractivity (Wildman–Crippen MR) is 97.6 cm³/mol. The van der Waals surface area contributed by atoms with Crippen LogP contribution in [0.2, 0.25) is 8.67 Å². The largest absolute Gasteiger partial charge is 0.512 e. The van der Waals surface area contributed by atoms with Crippen molar-refractivity contribution in [3.05, 3.63) is 49.8 Å². The monoisotopic (exact) mass is 366 g/mol. The molecule has 0 unspecified atom stereocenters. The average Bonchev–Trinajstić information content (AvgIpc) is 2.85. The second kappa shape index (κ2) is 6.68. The van der Waals surface area contributed by atoms with Crippen LogP contribution < -0.4 is 0 Å². The van der Waals surface area contributed by atoms with Gasteiger partial charge in [-0.1, -0.05) is 42.3 Å². The molecule has 0 spiro atoms. The number of aryl methyl sites for hydroxylation is 1. The number of aliphatic hydroxyl groups excluding tert-OH is 1. The van der Waals surface area contributed by atoms with Crippen LogP contribution in [-0.2, 0) is 11.2 Å². The zero-order chi connectivity index (χ0) is 16.6. The van der Waals surface area contributed by atoms with Gasteiger partial charge in [-0.3, -0.25) is 4.79 Å². The standard InChI is InChI=1S/C18H16Cl2O2S/c1-2-10-6-7-11(13-9-16(19)23-18(13)20)8-12(10)17-14(21)4-3-5-15(17)22/h6-9,21H,2-5H2,1H3. The second-order valence-corrected chi connectivity index (χ2v) is 7.85. The maximum atomic E-state index is 12.3. The van der Waals surface area contributed by atoms with Crippen molar-refractivity contribution in [3.8, 4) is 11.1 Å². The number of allylic oxidation sites excluding steroid dienone is 2. The van der Waals surface area contributed by atoms with Crippen molar-refractivity contribution in [3.63, 3.8) is 0 Å². The van der Waals surface area contributed by atoms with Crippen LogP contribution >= 0.6 is 34.5 Å². The van der Waals surface area contributed by atoms with Crippen LogP contribution in [0.15, 0.2) is 30.0 Å². The molecular formula is C18H16Cl2O2S. The number of thiophene rings is 1. The van der Waals surface area contributed by atoms with Gasteiger partial charge < -0.3 is 5.11 Å². The van der Waals surface area contributed by atoms with E-state index in [1.165, 1.54) is 11.3 Å². The first-order valence-corrected chi connectivity index (χ1v) is 9.12. The van der Waals surface area contributed by atoms with Crippen molar-refractivity contribution in [1.29, 1.82) is 0 Å². The first-order chi connectivity index (χ1) is 11.0. The van der Waals surface area contributed by atoms with E-state index in [1.54, 1.807) is 0 Å². The Morgan fingerprint density at radius 2 is 1.96 bits per heavy atom. The molecule has 1 heterocycles. The molecule has 120 valence electrons. The minimum atomic E-state index is 0.00930. The summed E-state index contributed by atoms with van der Waals surface area (Å²) in [6.45, 7) is 2.04. The highest BCUT2D eigenvalue weighted by Gasteiger charge is 2.24. The van der Waals surface area contributed by atoms with Crippen LogP contribution in [0.3, 0.4) is 0 Å². The predicted octanol–water partition coefficient (Wildman–Crippen LogP) is 6.31. The molecule has 1 aliphatic rings. The third-order valence-electron chi connectivity index (χ3n) is 4.11. The molecule has 0 bridgehead atoms. The van der Waals surface area contributed by atoms with E-state index in [9.17, 15) is 9.90 Å². The second-order valence-electron chi connectivity index (χ2n) is 5.56. The highest BCUT2D eigenvalue weighted by atomic mass is 35.5. The Morgan fingerprint density at radius 1 is 1.17 bits per heavy atom. The minimum Gasteiger partial charge on any atom is -0.512 e. The molecule has 2 nitrogen and oxygen atoms in total. The van der Waals surface area contributed by atoms with Gasteiger partial charge in [0.1, 0.15) is 10.1 Å². The van der Waals surface area contributed by atoms with Crippen molar-refractivity contribution in [2.75, 3.05) is 0 Å². The zero-order valence-corrected chi connectivity index (χ0v) is 15.0. The molecule has 3 rings (SSSR count). The van der Waals surface area contributed by atoms with Gasteiger partial charge >= 0.3 is 0 Å². The van der Waals surface area contributed by atoms with Crippen LogP contribution in [0, 0.1) is 0 Å². The number of hydrogen-bond donors (Lipinski definition) is 1. The number of halogens is 2. The Balaban J connectivity index is 2.18. The molecule has 2 aromatic rings. The molecule has 0 saturated carbocycles. The lowest BCUT2D eigenvalue weighted by molar-refractivity contribution is -0.114. The molecule has 1 aromatic carbocycles. The van der Waals surface area contributed by atoms with E-state index >= 15 is 0 Å². The Bertz CT molecular complexity index is 805. The number of rotatable bonds is 3. The summed E-state index contributed by atoms with van der Waals surface area (Å²) in [6.07, 6.45) is 2.54. The van der Waals surface area contributed by atoms with Crippen LogP contribution in [-0.4, -0.2) is 10.9 Å². The maximum absolute atomic E-state index is 12.3. The first kappa shape index (κ1) is 16.6. The number of carbonyl (C=O) groups is 1. The molecule has 1 N–H and O–H groups in total. The topological polar surface area (TPSA) is 37.3 Å². The molecule has 0 amide bonds. The van der Waals surface area contributed by atoms with E-state index in [4.69, 9.17) is 23.2 Å². The molecule has 0 radical (unpaired) electrons. The van der Waals surface area contributed by atoms with E-state index in [-0.39, 0.29) is 11.5 Å². The van der Waals surface area contributed by atoms with E-state index < -0.39 is 0 Å². The summed E-state index contributed by atoms with van der Waals surface area (Å²) < 4.78 is 1.25. The molecular weight excluding hydrogens is 351 g/mol. The maximum Gasteiger partial charge on any atom is 0.166 e. The Morgan fingerprint density at radius 3 is 2.57 bits per heavy atom. The molecule has 5 heteroatoms. The Labute approximate surface area is 149 Å². The minimum absolute atomic E-state index is 0.00930. The summed E-state index contributed by atoms with van der Waals surface area (Å²) in [5.41, 5.74) is 4.08. The van der Waals surface area contributed by atoms with E-state index in [2.05, 4.69) is 0 Å². The number of ketones is 1. The SMILES string of the molecule is CCc1ccc(-c2cc(Cl)sc2Cl)cc1C1=C(O)CCCC1=O. The average molecular weight is 367 g/mol. The molecule has 1 aliphatic carbocycles. The highest BCUT2D eigenvalue weighted by Crippen LogP contribution is 2.40. The fourth-order valence-electron chi connectivity index (χ4n) is 2.96. The summed E-state index contributed by atoms with van der Waals surface area (Å²) in [4.78, 5) is 12.3. The van der Waals surface area contributed by atoms with Crippen molar-refractivity contribution >= 4 is 45.9 Å². The summed E-state index contributed by atoms with van der Waals surface area (Å²) in [5, 5.41) is 10.2. The third-order valence-corrected chi connectivity index (χ3v) is 5.60. The van der Waals surface area contributed by atoms with Crippen LogP contribution in [0.25, 0.3) is 16.7 Å². The summed E-state index contributed by atoms with van der Waals surface area (Å²) in [5.74, 6) is 0.206. The van der Waals surface area contributed by atoms with Gasteiger partial charge in [0.05, 0.1) is 9.91 Å². The molecule has 23 heavy (non-hydrogen) atoms. The van der Waals surface area contributed by atoms with Gasteiger partial charge in [0.25, 0.3) is 0 Å². The molecule has 0 aliphatic heterocycles. The number of hydrogen-bond acceptors (Lipinski definition) is 3. The lowest BCUT2D eigenvalue weighted by atomic mass is 9.86. The fraction of sp³-hybridized carbons (Fsp3) is 0.278. The summed E-state index contributed by atoms with van der Waals surface area (Å²) >= 11 is 13.6. The summed E-state index contributed by atoms with van der Waals surface area (Å²) in [7, 11) is 0. The van der Waals surface area contributed by atoms with E-state index in [0.29, 0.717) is 33.5 Å². The lowest BCUT2D eigenvalue weighted by Gasteiger charge is -2.18. The normalized spacial score (nSPS) is 15.3. The molecule has 1 aromatic heterocycles. The van der Waals surface area contributed by atoms with Crippen molar-refractivity contribution in [2.24, 2.45) is 0 Å². The van der Waals surface area contributed by atoms with Gasteiger partial charge in [-0.05, 0) is 41.7 Å². The quantitative estimate of drug-likeness (QED) is 0.691. The van der Waals surface area contributed by atoms with Crippen LogP contribution in [0.5, 0.6) is 0 Å². The molecule has 0 saturated heterocycles. The van der Waals surface area contributed by atoms with E-state index in [0.717, 1.165) is 28.7 Å². The van der Waals surface area contributed by atoms with Gasteiger partial charge in [-0.25, -0.2) is 0 Å². The number of carbonyl (C=O) groups excluding carboxylic acids is 1. The van der Waals surface area contributed by atoms with Gasteiger partial charge in [0.2, 0.25) is 0 Å². The third kappa shape index (κ3) is 3.18. The Kier molecular flexibility index (Phi) is 4.81. The zero-order valence-electron chi connectivity index (χ0n) is 12.7. The van der Waals surface area contributed by atoms with Gasteiger partial charge in [0, 0.05) is 18.4 Å². The fourth-order valence-corrected chi connectivity index (χ4v) is 4.46. The first-order valence-electron chi connectivity index (χ1n) is 7.55. The van der Waals surface area contributed by atoms with Crippen molar-refractivity contribution in [2.45, 2.75) is 32.6 Å². The van der Waals surface area contributed by atoms with Crippen molar-refractivity contribution in [1.82, 2.24) is 0 Å². The van der Waals surface area contributed by atoms with E-state index in [1.807, 2.05) is 31.2 Å². The lowest BCUT2D eigenvalue weighted by Crippen LogP contribution is -2.12. The number of aliphatic hydroxyl groups is 1.